The quantitative estimate of drug-likeness (QED) is 0.823. The number of nitrogens with zero attached hydrogens (tertiary/aromatic N) is 1. The van der Waals surface area contributed by atoms with Crippen LogP contribution in [0.3, 0.4) is 0 Å². The number of hydrogen-bond donors (Lipinski definition) is 1. The van der Waals surface area contributed by atoms with Crippen molar-refractivity contribution in [3.63, 3.8) is 0 Å². The molecule has 5 heteroatoms. The molecule has 0 radical (unpaired) electrons. The third kappa shape index (κ3) is 3.84. The van der Waals surface area contributed by atoms with E-state index in [0.29, 0.717) is 13.0 Å². The van der Waals surface area contributed by atoms with E-state index in [2.05, 4.69) is 0 Å². The van der Waals surface area contributed by atoms with E-state index in [0.717, 1.165) is 24.2 Å². The molecule has 0 saturated heterocycles. The van der Waals surface area contributed by atoms with Crippen LogP contribution >= 0.6 is 0 Å². The minimum Gasteiger partial charge on any atom is -0.480 e. The lowest BCUT2D eigenvalue weighted by Crippen LogP contribution is -2.36. The first-order valence-electron chi connectivity index (χ1n) is 6.66. The molecule has 0 fully saturated rings. The predicted octanol–water partition coefficient (Wildman–Crippen LogP) is 2.34. The molecule has 1 N–H and O–H groups in total. The summed E-state index contributed by atoms with van der Waals surface area (Å²) < 4.78 is 5.54. The molecule has 0 aliphatic heterocycles. The SMILES string of the molecule is CCCN(CC(=O)O)C(=O)c1cc(CC)c(CC)o1. The number of carbonyl (C=O) groups excluding carboxylic acids is 1. The van der Waals surface area contributed by atoms with E-state index >= 15 is 0 Å². The Balaban J connectivity index is 2.95. The molecule has 1 rings (SSSR count). The van der Waals surface area contributed by atoms with Crippen molar-refractivity contribution in [2.75, 3.05) is 13.1 Å². The third-order valence-electron chi connectivity index (χ3n) is 2.92. The van der Waals surface area contributed by atoms with Crippen LogP contribution in [-0.4, -0.2) is 35.0 Å². The highest BCUT2D eigenvalue weighted by atomic mass is 16.4. The van der Waals surface area contributed by atoms with E-state index in [4.69, 9.17) is 9.52 Å². The second-order valence-corrected chi connectivity index (χ2v) is 4.39. The summed E-state index contributed by atoms with van der Waals surface area (Å²) in [6.45, 7) is 5.98. The van der Waals surface area contributed by atoms with Crippen molar-refractivity contribution in [3.8, 4) is 0 Å². The third-order valence-corrected chi connectivity index (χ3v) is 2.92. The molecule has 5 nitrogen and oxygen atoms in total. The minimum absolute atomic E-state index is 0.239. The molecule has 0 bridgehead atoms. The molecule has 1 aromatic rings. The molecule has 0 aliphatic carbocycles. The van der Waals surface area contributed by atoms with E-state index in [1.54, 1.807) is 6.07 Å². The predicted molar refractivity (Wildman–Crippen MR) is 71.3 cm³/mol. The first-order valence-corrected chi connectivity index (χ1v) is 6.66. The highest BCUT2D eigenvalue weighted by molar-refractivity contribution is 5.93. The fraction of sp³-hybridized carbons (Fsp3) is 0.571. The number of amides is 1. The highest BCUT2D eigenvalue weighted by Gasteiger charge is 2.22. The maximum Gasteiger partial charge on any atom is 0.323 e. The first kappa shape index (κ1) is 15.3. The summed E-state index contributed by atoms with van der Waals surface area (Å²) in [6.07, 6.45) is 2.23. The topological polar surface area (TPSA) is 70.8 Å². The second kappa shape index (κ2) is 6.97. The molecule has 0 atom stereocenters. The molecule has 0 aliphatic rings. The van der Waals surface area contributed by atoms with Gasteiger partial charge in [0.1, 0.15) is 12.3 Å². The van der Waals surface area contributed by atoms with Crippen molar-refractivity contribution in [2.45, 2.75) is 40.0 Å². The number of carbonyl (C=O) groups is 2. The van der Waals surface area contributed by atoms with Crippen molar-refractivity contribution >= 4 is 11.9 Å². The van der Waals surface area contributed by atoms with E-state index in [-0.39, 0.29) is 18.2 Å². The van der Waals surface area contributed by atoms with Gasteiger partial charge in [-0.15, -0.1) is 0 Å². The van der Waals surface area contributed by atoms with Crippen molar-refractivity contribution in [1.29, 1.82) is 0 Å². The number of carboxylic acid groups (broad SMARTS) is 1. The number of aryl methyl sites for hydroxylation is 2. The monoisotopic (exact) mass is 267 g/mol. The van der Waals surface area contributed by atoms with E-state index in [1.807, 2.05) is 20.8 Å². The number of furan rings is 1. The Hall–Kier alpha value is -1.78. The first-order chi connectivity index (χ1) is 9.03. The van der Waals surface area contributed by atoms with Gasteiger partial charge in [0.05, 0.1) is 0 Å². The average Bonchev–Trinajstić information content (AvgIpc) is 2.80. The molecule has 19 heavy (non-hydrogen) atoms. The molecule has 0 saturated carbocycles. The van der Waals surface area contributed by atoms with Gasteiger partial charge in [-0.3, -0.25) is 9.59 Å². The van der Waals surface area contributed by atoms with Gasteiger partial charge in [0.25, 0.3) is 5.91 Å². The number of carboxylic acids is 1. The smallest absolute Gasteiger partial charge is 0.323 e. The summed E-state index contributed by atoms with van der Waals surface area (Å²) in [5.41, 5.74) is 1.01. The van der Waals surface area contributed by atoms with Crippen LogP contribution in [0.2, 0.25) is 0 Å². The van der Waals surface area contributed by atoms with Gasteiger partial charge in [-0.2, -0.15) is 0 Å². The van der Waals surface area contributed by atoms with Gasteiger partial charge in [-0.1, -0.05) is 20.8 Å². The molecule has 1 heterocycles. The molecular weight excluding hydrogens is 246 g/mol. The Labute approximate surface area is 113 Å². The zero-order valence-corrected chi connectivity index (χ0v) is 11.7. The van der Waals surface area contributed by atoms with Crippen LogP contribution in [0.15, 0.2) is 10.5 Å². The van der Waals surface area contributed by atoms with Crippen LogP contribution in [0, 0.1) is 0 Å². The van der Waals surface area contributed by atoms with Crippen molar-refractivity contribution in [3.05, 3.63) is 23.2 Å². The standard InChI is InChI=1S/C14H21NO4/c1-4-7-15(9-13(16)17)14(18)12-8-10(5-2)11(6-3)19-12/h8H,4-7,9H2,1-3H3,(H,16,17). The van der Waals surface area contributed by atoms with E-state index in [1.165, 1.54) is 4.90 Å². The van der Waals surface area contributed by atoms with E-state index in [9.17, 15) is 9.59 Å². The number of rotatable bonds is 7. The van der Waals surface area contributed by atoms with Crippen molar-refractivity contribution < 1.29 is 19.1 Å². The lowest BCUT2D eigenvalue weighted by atomic mass is 10.1. The maximum atomic E-state index is 12.2. The number of aliphatic carboxylic acids is 1. The Bertz CT molecular complexity index is 429. The van der Waals surface area contributed by atoms with Gasteiger partial charge in [-0.05, 0) is 24.5 Å². The van der Waals surface area contributed by atoms with Gasteiger partial charge in [-0.25, -0.2) is 0 Å². The van der Waals surface area contributed by atoms with Gasteiger partial charge >= 0.3 is 5.97 Å². The molecule has 0 aromatic carbocycles. The van der Waals surface area contributed by atoms with Gasteiger partial charge in [0.2, 0.25) is 0 Å². The molecular formula is C14H21NO4. The minimum atomic E-state index is -1.01. The zero-order valence-electron chi connectivity index (χ0n) is 11.7. The average molecular weight is 267 g/mol. The second-order valence-electron chi connectivity index (χ2n) is 4.39. The molecule has 106 valence electrons. The van der Waals surface area contributed by atoms with Gasteiger partial charge in [0, 0.05) is 13.0 Å². The van der Waals surface area contributed by atoms with Crippen molar-refractivity contribution in [1.82, 2.24) is 4.90 Å². The fourth-order valence-electron chi connectivity index (χ4n) is 2.01. The maximum absolute atomic E-state index is 12.2. The summed E-state index contributed by atoms with van der Waals surface area (Å²) in [5.74, 6) is -0.320. The van der Waals surface area contributed by atoms with Crippen LogP contribution in [-0.2, 0) is 17.6 Å². The lowest BCUT2D eigenvalue weighted by molar-refractivity contribution is -0.137. The normalized spacial score (nSPS) is 10.5. The Morgan fingerprint density at radius 2 is 1.95 bits per heavy atom. The highest BCUT2D eigenvalue weighted by Crippen LogP contribution is 2.18. The van der Waals surface area contributed by atoms with Gasteiger partial charge in [0.15, 0.2) is 5.76 Å². The summed E-state index contributed by atoms with van der Waals surface area (Å²) in [5, 5.41) is 8.83. The Morgan fingerprint density at radius 3 is 2.37 bits per heavy atom. The van der Waals surface area contributed by atoms with Crippen LogP contribution in [0.1, 0.15) is 49.1 Å². The molecule has 1 aromatic heterocycles. The molecule has 1 amide bonds. The van der Waals surface area contributed by atoms with E-state index < -0.39 is 5.97 Å². The lowest BCUT2D eigenvalue weighted by Gasteiger charge is -2.18. The summed E-state index contributed by atoms with van der Waals surface area (Å²) in [7, 11) is 0. The van der Waals surface area contributed by atoms with Gasteiger partial charge < -0.3 is 14.4 Å². The Morgan fingerprint density at radius 1 is 1.26 bits per heavy atom. The largest absolute Gasteiger partial charge is 0.480 e. The zero-order chi connectivity index (χ0) is 14.4. The fourth-order valence-corrected chi connectivity index (χ4v) is 2.01. The summed E-state index contributed by atoms with van der Waals surface area (Å²) in [4.78, 5) is 24.3. The molecule has 0 spiro atoms. The summed E-state index contributed by atoms with van der Waals surface area (Å²) in [6, 6.07) is 1.73. The van der Waals surface area contributed by atoms with Crippen LogP contribution in [0.25, 0.3) is 0 Å². The van der Waals surface area contributed by atoms with Crippen LogP contribution < -0.4 is 0 Å². The Kier molecular flexibility index (Phi) is 5.60. The summed E-state index contributed by atoms with van der Waals surface area (Å²) >= 11 is 0. The van der Waals surface area contributed by atoms with Crippen LogP contribution in [0.5, 0.6) is 0 Å². The number of hydrogen-bond acceptors (Lipinski definition) is 3. The van der Waals surface area contributed by atoms with Crippen LogP contribution in [0.4, 0.5) is 0 Å². The van der Waals surface area contributed by atoms with Crippen molar-refractivity contribution in [2.24, 2.45) is 0 Å². The molecule has 0 unspecified atom stereocenters.